The number of likely N-dealkylation sites (tertiary alicyclic amines) is 1. The number of ketones is 1. The van der Waals surface area contributed by atoms with E-state index in [0.717, 1.165) is 31.4 Å². The maximum absolute atomic E-state index is 13.9. The SMILES string of the molecule is CCOC(=O)[C@@H](C)C[C@H](Cc1ccccc1)NC(=O)c1csc([C@@H](C[C@H](C(C)C)N(C)C(=O)[C@H](CC)CC(=O)[C@H]2CCCCN2C)OC(C)=O)n1. The maximum atomic E-state index is 13.9. The van der Waals surface area contributed by atoms with Gasteiger partial charge >= 0.3 is 11.9 Å². The number of piperidine rings is 1. The molecule has 0 unspecified atom stereocenters. The predicted octanol–water partition coefficient (Wildman–Crippen LogP) is 6.02. The number of Topliss-reactive ketones (excluding diaryl/α,β-unsaturated/α-hetero) is 1. The molecule has 51 heavy (non-hydrogen) atoms. The average Bonchev–Trinajstić information content (AvgIpc) is 3.59. The van der Waals surface area contributed by atoms with Gasteiger partial charge in [-0.25, -0.2) is 4.98 Å². The number of carbonyl (C=O) groups is 5. The molecule has 1 aliphatic rings. The molecule has 0 aliphatic carbocycles. The molecule has 1 aliphatic heterocycles. The molecule has 1 aromatic carbocycles. The zero-order valence-electron chi connectivity index (χ0n) is 31.7. The largest absolute Gasteiger partial charge is 0.466 e. The molecule has 2 amide bonds. The zero-order chi connectivity index (χ0) is 37.7. The Kier molecular flexibility index (Phi) is 16.7. The summed E-state index contributed by atoms with van der Waals surface area (Å²) in [6.45, 7) is 12.0. The van der Waals surface area contributed by atoms with Crippen molar-refractivity contribution in [3.63, 3.8) is 0 Å². The van der Waals surface area contributed by atoms with E-state index in [4.69, 9.17) is 9.47 Å². The Morgan fingerprint density at radius 3 is 2.37 bits per heavy atom. The molecule has 0 bridgehead atoms. The van der Waals surface area contributed by atoms with Crippen LogP contribution in [0.25, 0.3) is 0 Å². The van der Waals surface area contributed by atoms with E-state index in [1.54, 1.807) is 31.2 Å². The number of ether oxygens (including phenoxy) is 2. The van der Waals surface area contributed by atoms with Crippen molar-refractivity contribution in [2.75, 3.05) is 27.2 Å². The molecule has 0 saturated carbocycles. The van der Waals surface area contributed by atoms with E-state index in [1.165, 1.54) is 18.3 Å². The fourth-order valence-corrected chi connectivity index (χ4v) is 7.75. The number of hydrogen-bond donors (Lipinski definition) is 1. The van der Waals surface area contributed by atoms with E-state index >= 15 is 0 Å². The van der Waals surface area contributed by atoms with Crippen LogP contribution in [-0.4, -0.2) is 89.7 Å². The number of likely N-dealkylation sites (N-methyl/N-ethyl adjacent to an activating group) is 1. The molecule has 1 aromatic heterocycles. The van der Waals surface area contributed by atoms with Crippen molar-refractivity contribution in [2.24, 2.45) is 17.8 Å². The number of carbonyl (C=O) groups excluding carboxylic acids is 5. The summed E-state index contributed by atoms with van der Waals surface area (Å²) in [5.41, 5.74) is 1.19. The van der Waals surface area contributed by atoms with Crippen molar-refractivity contribution in [2.45, 2.75) is 117 Å². The summed E-state index contributed by atoms with van der Waals surface area (Å²) in [6.07, 6.45) is 4.03. The number of benzene rings is 1. The molecule has 282 valence electrons. The number of hydrogen-bond acceptors (Lipinski definition) is 10. The fraction of sp³-hybridized carbons (Fsp3) is 0.641. The Balaban J connectivity index is 1.77. The molecule has 2 heterocycles. The Bertz CT molecular complexity index is 1450. The monoisotopic (exact) mass is 726 g/mol. The first-order valence-electron chi connectivity index (χ1n) is 18.4. The molecule has 0 spiro atoms. The zero-order valence-corrected chi connectivity index (χ0v) is 32.5. The average molecular weight is 727 g/mol. The van der Waals surface area contributed by atoms with Crippen LogP contribution in [0.15, 0.2) is 35.7 Å². The minimum atomic E-state index is -0.793. The first-order chi connectivity index (χ1) is 24.2. The summed E-state index contributed by atoms with van der Waals surface area (Å²) in [6, 6.07) is 8.89. The summed E-state index contributed by atoms with van der Waals surface area (Å²) >= 11 is 1.22. The Hall–Kier alpha value is -3.64. The van der Waals surface area contributed by atoms with Gasteiger partial charge in [-0.1, -0.05) is 64.4 Å². The number of aromatic nitrogens is 1. The third-order valence-corrected chi connectivity index (χ3v) is 10.8. The molecule has 12 heteroatoms. The smallest absolute Gasteiger partial charge is 0.308 e. The Morgan fingerprint density at radius 2 is 1.76 bits per heavy atom. The molecule has 1 saturated heterocycles. The summed E-state index contributed by atoms with van der Waals surface area (Å²) in [5.74, 6) is -2.09. The van der Waals surface area contributed by atoms with Gasteiger partial charge in [0.15, 0.2) is 11.9 Å². The second kappa shape index (κ2) is 20.4. The van der Waals surface area contributed by atoms with Gasteiger partial charge in [0.05, 0.1) is 18.6 Å². The van der Waals surface area contributed by atoms with Crippen molar-refractivity contribution in [3.05, 3.63) is 52.0 Å². The van der Waals surface area contributed by atoms with Crippen LogP contribution >= 0.6 is 11.3 Å². The van der Waals surface area contributed by atoms with Gasteiger partial charge in [-0.2, -0.15) is 0 Å². The van der Waals surface area contributed by atoms with Crippen molar-refractivity contribution >= 4 is 40.9 Å². The van der Waals surface area contributed by atoms with Crippen molar-refractivity contribution < 1.29 is 33.4 Å². The third kappa shape index (κ3) is 12.5. The van der Waals surface area contributed by atoms with Crippen molar-refractivity contribution in [1.29, 1.82) is 0 Å². The number of esters is 2. The second-order valence-electron chi connectivity index (χ2n) is 14.2. The first kappa shape index (κ1) is 41.8. The molecule has 0 radical (unpaired) electrons. The van der Waals surface area contributed by atoms with E-state index in [0.29, 0.717) is 24.3 Å². The number of rotatable bonds is 19. The predicted molar refractivity (Wildman–Crippen MR) is 198 cm³/mol. The summed E-state index contributed by atoms with van der Waals surface area (Å²) in [7, 11) is 3.73. The molecular weight excluding hydrogens is 669 g/mol. The Morgan fingerprint density at radius 1 is 1.06 bits per heavy atom. The number of nitrogens with one attached hydrogen (secondary N) is 1. The minimum absolute atomic E-state index is 0.00226. The van der Waals surface area contributed by atoms with Crippen LogP contribution in [0.5, 0.6) is 0 Å². The lowest BCUT2D eigenvalue weighted by atomic mass is 9.89. The molecule has 1 N–H and O–H groups in total. The van der Waals surface area contributed by atoms with E-state index in [9.17, 15) is 24.0 Å². The van der Waals surface area contributed by atoms with Crippen molar-refractivity contribution in [1.82, 2.24) is 20.1 Å². The van der Waals surface area contributed by atoms with Crippen molar-refractivity contribution in [3.8, 4) is 0 Å². The lowest BCUT2D eigenvalue weighted by molar-refractivity contribution is -0.149. The highest BCUT2D eigenvalue weighted by molar-refractivity contribution is 7.09. The van der Waals surface area contributed by atoms with E-state index in [1.807, 2.05) is 58.2 Å². The second-order valence-corrected chi connectivity index (χ2v) is 15.1. The van der Waals surface area contributed by atoms with Crippen LogP contribution in [0, 0.1) is 17.8 Å². The molecule has 3 rings (SSSR count). The normalized spacial score (nSPS) is 17.9. The van der Waals surface area contributed by atoms with E-state index < -0.39 is 29.8 Å². The van der Waals surface area contributed by atoms with Crippen LogP contribution in [0.2, 0.25) is 0 Å². The molecular formula is C39H58N4O7S. The fourth-order valence-electron chi connectivity index (χ4n) is 6.91. The highest BCUT2D eigenvalue weighted by atomic mass is 32.1. The lowest BCUT2D eigenvalue weighted by Gasteiger charge is -2.36. The van der Waals surface area contributed by atoms with Crippen LogP contribution in [0.3, 0.4) is 0 Å². The van der Waals surface area contributed by atoms with Gasteiger partial charge < -0.3 is 19.7 Å². The van der Waals surface area contributed by atoms with Gasteiger partial charge in [-0.3, -0.25) is 28.9 Å². The van der Waals surface area contributed by atoms with Crippen LogP contribution in [0.4, 0.5) is 0 Å². The number of nitrogens with zero attached hydrogens (tertiary/aromatic N) is 3. The van der Waals surface area contributed by atoms with Gasteiger partial charge in [0.1, 0.15) is 10.7 Å². The van der Waals surface area contributed by atoms with Gasteiger partial charge in [-0.15, -0.1) is 11.3 Å². The van der Waals surface area contributed by atoms with Crippen LogP contribution in [-0.2, 0) is 35.1 Å². The standard InChI is InChI=1S/C39H58N4O7S/c1-9-29(22-34(45)32-18-14-15-19-42(32)7)38(47)43(8)33(25(3)4)23-35(50-27(6)44)37-41-31(24-51-37)36(46)40-30(20-26(5)39(48)49-10-2)21-28-16-12-11-13-17-28/h11-13,16-17,24-26,29-30,32-33,35H,9-10,14-15,18-23H2,1-8H3,(H,40,46)/t26-,29+,30+,32+,33+,35+/m0/s1. The maximum Gasteiger partial charge on any atom is 0.308 e. The number of amides is 2. The van der Waals surface area contributed by atoms with Crippen LogP contribution in [0.1, 0.15) is 114 Å². The van der Waals surface area contributed by atoms with Gasteiger partial charge in [0.25, 0.3) is 5.91 Å². The Labute approximate surface area is 307 Å². The lowest BCUT2D eigenvalue weighted by Crippen LogP contribution is -2.46. The quantitative estimate of drug-likeness (QED) is 0.173. The third-order valence-electron chi connectivity index (χ3n) is 9.83. The molecule has 6 atom stereocenters. The molecule has 2 aromatic rings. The highest BCUT2D eigenvalue weighted by Crippen LogP contribution is 2.32. The topological polar surface area (TPSA) is 135 Å². The van der Waals surface area contributed by atoms with Gasteiger partial charge in [0.2, 0.25) is 5.91 Å². The van der Waals surface area contributed by atoms with E-state index in [-0.39, 0.29) is 66.8 Å². The van der Waals surface area contributed by atoms with Gasteiger partial charge in [-0.05, 0) is 64.1 Å². The summed E-state index contributed by atoms with van der Waals surface area (Å²) in [4.78, 5) is 73.9. The van der Waals surface area contributed by atoms with E-state index in [2.05, 4.69) is 15.2 Å². The minimum Gasteiger partial charge on any atom is -0.466 e. The summed E-state index contributed by atoms with van der Waals surface area (Å²) < 4.78 is 11.0. The van der Waals surface area contributed by atoms with Gasteiger partial charge in [0, 0.05) is 50.2 Å². The van der Waals surface area contributed by atoms with Crippen LogP contribution < -0.4 is 5.32 Å². The molecule has 1 fully saturated rings. The molecule has 11 nitrogen and oxygen atoms in total. The number of thiazole rings is 1. The first-order valence-corrected chi connectivity index (χ1v) is 19.3. The summed E-state index contributed by atoms with van der Waals surface area (Å²) in [5, 5.41) is 5.14. The highest BCUT2D eigenvalue weighted by Gasteiger charge is 2.35.